The van der Waals surface area contributed by atoms with Crippen LogP contribution < -0.4 is 10.1 Å². The fourth-order valence-corrected chi connectivity index (χ4v) is 2.36. The molecule has 116 valence electrons. The van der Waals surface area contributed by atoms with E-state index in [4.69, 9.17) is 4.74 Å². The van der Waals surface area contributed by atoms with E-state index >= 15 is 0 Å². The maximum Gasteiger partial charge on any atom is 0.224 e. The van der Waals surface area contributed by atoms with E-state index in [-0.39, 0.29) is 24.1 Å². The topological polar surface area (TPSA) is 58.6 Å². The zero-order valence-corrected chi connectivity index (χ0v) is 12.9. The molecule has 0 aliphatic rings. The number of methoxy groups -OCH3 is 1. The summed E-state index contributed by atoms with van der Waals surface area (Å²) in [4.78, 5) is 12.0. The first-order chi connectivity index (χ1) is 10.6. The molecule has 2 aromatic rings. The molecule has 2 aromatic carbocycles. The van der Waals surface area contributed by atoms with Gasteiger partial charge < -0.3 is 15.2 Å². The van der Waals surface area contributed by atoms with Crippen molar-refractivity contribution in [3.05, 3.63) is 59.7 Å². The summed E-state index contributed by atoms with van der Waals surface area (Å²) in [5.74, 6) is 0.861. The summed E-state index contributed by atoms with van der Waals surface area (Å²) in [6, 6.07) is 14.7. The van der Waals surface area contributed by atoms with Crippen LogP contribution in [0.1, 0.15) is 18.1 Å². The first-order valence-electron chi connectivity index (χ1n) is 7.27. The van der Waals surface area contributed by atoms with E-state index in [9.17, 15) is 9.90 Å². The minimum absolute atomic E-state index is 0.00506. The summed E-state index contributed by atoms with van der Waals surface area (Å²) in [5, 5.41) is 12.6. The summed E-state index contributed by atoms with van der Waals surface area (Å²) in [6.07, 6.45) is 0.902. The Bertz CT molecular complexity index is 640. The molecule has 0 radical (unpaired) electrons. The van der Waals surface area contributed by atoms with Gasteiger partial charge in [-0.1, -0.05) is 30.3 Å². The van der Waals surface area contributed by atoms with Gasteiger partial charge in [-0.15, -0.1) is 0 Å². The van der Waals surface area contributed by atoms with Crippen molar-refractivity contribution in [2.24, 2.45) is 0 Å². The number of carbonyl (C=O) groups excluding carboxylic acids is 1. The highest BCUT2D eigenvalue weighted by atomic mass is 16.5. The van der Waals surface area contributed by atoms with Gasteiger partial charge in [0.05, 0.1) is 13.5 Å². The van der Waals surface area contributed by atoms with Crippen molar-refractivity contribution in [3.8, 4) is 11.5 Å². The van der Waals surface area contributed by atoms with Crippen LogP contribution in [0.5, 0.6) is 11.5 Å². The molecule has 0 spiro atoms. The summed E-state index contributed by atoms with van der Waals surface area (Å²) in [7, 11) is 1.64. The van der Waals surface area contributed by atoms with E-state index in [1.165, 1.54) is 0 Å². The smallest absolute Gasteiger partial charge is 0.224 e. The molecule has 4 heteroatoms. The first kappa shape index (κ1) is 15.9. The van der Waals surface area contributed by atoms with Crippen molar-refractivity contribution in [1.29, 1.82) is 0 Å². The zero-order valence-electron chi connectivity index (χ0n) is 12.9. The average molecular weight is 299 g/mol. The molecular formula is C18H21NO3. The molecule has 0 heterocycles. The van der Waals surface area contributed by atoms with Gasteiger partial charge in [0.25, 0.3) is 0 Å². The second-order valence-electron chi connectivity index (χ2n) is 5.33. The van der Waals surface area contributed by atoms with Crippen LogP contribution in [0, 0.1) is 0 Å². The number of nitrogens with one attached hydrogen (secondary N) is 1. The van der Waals surface area contributed by atoms with Gasteiger partial charge in [-0.3, -0.25) is 4.79 Å². The molecule has 22 heavy (non-hydrogen) atoms. The van der Waals surface area contributed by atoms with Crippen LogP contribution in [-0.4, -0.2) is 24.2 Å². The van der Waals surface area contributed by atoms with Gasteiger partial charge in [-0.2, -0.15) is 0 Å². The number of aromatic hydroxyl groups is 1. The molecule has 2 N–H and O–H groups in total. The minimum atomic E-state index is -0.100. The van der Waals surface area contributed by atoms with E-state index in [1.807, 2.05) is 37.3 Å². The highest BCUT2D eigenvalue weighted by Gasteiger charge is 2.11. The SMILES string of the molecule is COc1cccc(CC(C)NC(=O)Cc2ccccc2O)c1. The van der Waals surface area contributed by atoms with Crippen LogP contribution in [0.3, 0.4) is 0 Å². The second kappa shape index (κ2) is 7.50. The van der Waals surface area contributed by atoms with E-state index in [2.05, 4.69) is 5.32 Å². The summed E-state index contributed by atoms with van der Waals surface area (Å²) < 4.78 is 5.19. The third kappa shape index (κ3) is 4.52. The van der Waals surface area contributed by atoms with Crippen molar-refractivity contribution in [1.82, 2.24) is 5.32 Å². The molecular weight excluding hydrogens is 278 g/mol. The second-order valence-corrected chi connectivity index (χ2v) is 5.33. The summed E-state index contributed by atoms with van der Waals surface area (Å²) >= 11 is 0. The van der Waals surface area contributed by atoms with Crippen molar-refractivity contribution in [3.63, 3.8) is 0 Å². The molecule has 0 aliphatic carbocycles. The van der Waals surface area contributed by atoms with Crippen LogP contribution in [0.15, 0.2) is 48.5 Å². The van der Waals surface area contributed by atoms with E-state index < -0.39 is 0 Å². The van der Waals surface area contributed by atoms with Gasteiger partial charge in [0.15, 0.2) is 0 Å². The van der Waals surface area contributed by atoms with Gasteiger partial charge in [0.2, 0.25) is 5.91 Å². The Kier molecular flexibility index (Phi) is 5.42. The number of amides is 1. The quantitative estimate of drug-likeness (QED) is 0.862. The molecule has 0 aromatic heterocycles. The Labute approximate surface area is 130 Å². The standard InChI is InChI=1S/C18H21NO3/c1-13(10-14-6-5-8-16(11-14)22-2)19-18(21)12-15-7-3-4-9-17(15)20/h3-9,11,13,20H,10,12H2,1-2H3,(H,19,21). The Balaban J connectivity index is 1.89. The maximum atomic E-state index is 12.0. The van der Waals surface area contributed by atoms with Crippen molar-refractivity contribution in [2.75, 3.05) is 7.11 Å². The number of para-hydroxylation sites is 1. The molecule has 0 fully saturated rings. The molecule has 2 rings (SSSR count). The van der Waals surface area contributed by atoms with Crippen LogP contribution in [-0.2, 0) is 17.6 Å². The summed E-state index contributed by atoms with van der Waals surface area (Å²) in [5.41, 5.74) is 1.74. The number of benzene rings is 2. The zero-order chi connectivity index (χ0) is 15.9. The molecule has 1 unspecified atom stereocenters. The highest BCUT2D eigenvalue weighted by molar-refractivity contribution is 5.79. The monoisotopic (exact) mass is 299 g/mol. The minimum Gasteiger partial charge on any atom is -0.508 e. The molecule has 1 amide bonds. The Morgan fingerprint density at radius 1 is 1.23 bits per heavy atom. The van der Waals surface area contributed by atoms with Gasteiger partial charge in [0, 0.05) is 11.6 Å². The number of rotatable bonds is 6. The number of phenols is 1. The van der Waals surface area contributed by atoms with Crippen LogP contribution in [0.25, 0.3) is 0 Å². The molecule has 1 atom stereocenters. The number of carbonyl (C=O) groups is 1. The molecule has 0 saturated carbocycles. The van der Waals surface area contributed by atoms with Gasteiger partial charge in [0.1, 0.15) is 11.5 Å². The molecule has 4 nitrogen and oxygen atoms in total. The summed E-state index contributed by atoms with van der Waals surface area (Å²) in [6.45, 7) is 1.96. The Hall–Kier alpha value is -2.49. The van der Waals surface area contributed by atoms with Gasteiger partial charge in [-0.25, -0.2) is 0 Å². The van der Waals surface area contributed by atoms with Crippen LogP contribution in [0.4, 0.5) is 0 Å². The first-order valence-corrected chi connectivity index (χ1v) is 7.27. The lowest BCUT2D eigenvalue weighted by Gasteiger charge is -2.15. The number of ether oxygens (including phenoxy) is 1. The lowest BCUT2D eigenvalue weighted by atomic mass is 10.1. The molecule has 0 saturated heterocycles. The fourth-order valence-electron chi connectivity index (χ4n) is 2.36. The van der Waals surface area contributed by atoms with Crippen LogP contribution >= 0.6 is 0 Å². The molecule has 0 aliphatic heterocycles. The maximum absolute atomic E-state index is 12.0. The van der Waals surface area contributed by atoms with Crippen molar-refractivity contribution < 1.29 is 14.6 Å². The Morgan fingerprint density at radius 2 is 2.00 bits per heavy atom. The highest BCUT2D eigenvalue weighted by Crippen LogP contribution is 2.16. The van der Waals surface area contributed by atoms with Gasteiger partial charge in [-0.05, 0) is 37.1 Å². The third-order valence-electron chi connectivity index (χ3n) is 3.43. The number of hydrogen-bond acceptors (Lipinski definition) is 3. The lowest BCUT2D eigenvalue weighted by molar-refractivity contribution is -0.121. The number of hydrogen-bond donors (Lipinski definition) is 2. The Morgan fingerprint density at radius 3 is 2.73 bits per heavy atom. The lowest BCUT2D eigenvalue weighted by Crippen LogP contribution is -2.35. The normalized spacial score (nSPS) is 11.7. The van der Waals surface area contributed by atoms with Crippen molar-refractivity contribution >= 4 is 5.91 Å². The predicted molar refractivity (Wildman–Crippen MR) is 86.1 cm³/mol. The van der Waals surface area contributed by atoms with E-state index in [1.54, 1.807) is 25.3 Å². The largest absolute Gasteiger partial charge is 0.508 e. The van der Waals surface area contributed by atoms with Crippen LogP contribution in [0.2, 0.25) is 0 Å². The third-order valence-corrected chi connectivity index (χ3v) is 3.43. The fraction of sp³-hybridized carbons (Fsp3) is 0.278. The predicted octanol–water partition coefficient (Wildman–Crippen LogP) is 2.69. The van der Waals surface area contributed by atoms with E-state index in [0.717, 1.165) is 17.7 Å². The number of phenolic OH excluding ortho intramolecular Hbond substituents is 1. The average Bonchev–Trinajstić information content (AvgIpc) is 2.49. The van der Waals surface area contributed by atoms with E-state index in [0.29, 0.717) is 5.56 Å². The molecule has 0 bridgehead atoms. The van der Waals surface area contributed by atoms with Crippen molar-refractivity contribution in [2.45, 2.75) is 25.8 Å². The van der Waals surface area contributed by atoms with Gasteiger partial charge >= 0.3 is 0 Å².